The van der Waals surface area contributed by atoms with E-state index in [9.17, 15) is 9.59 Å². The van der Waals surface area contributed by atoms with Gasteiger partial charge in [0.15, 0.2) is 6.61 Å². The molecule has 0 unspecified atom stereocenters. The molecule has 0 aliphatic carbocycles. The largest absolute Gasteiger partial charge is 0.452 e. The van der Waals surface area contributed by atoms with Crippen molar-refractivity contribution in [3.8, 4) is 11.1 Å². The van der Waals surface area contributed by atoms with Gasteiger partial charge in [0.1, 0.15) is 0 Å². The van der Waals surface area contributed by atoms with Crippen LogP contribution in [0.2, 0.25) is 5.02 Å². The number of hydrogen-bond donors (Lipinski definition) is 1. The van der Waals surface area contributed by atoms with Crippen LogP contribution in [0.25, 0.3) is 11.1 Å². The smallest absolute Gasteiger partial charge is 0.340 e. The van der Waals surface area contributed by atoms with Crippen LogP contribution in [0.15, 0.2) is 78.9 Å². The SMILES string of the molecule is O=C(COC(=O)c1ccccc1Cl)Nc1ccccc1-c1ccccc1. The van der Waals surface area contributed by atoms with Gasteiger partial charge in [-0.1, -0.05) is 72.3 Å². The number of hydrogen-bond acceptors (Lipinski definition) is 3. The zero-order valence-electron chi connectivity index (χ0n) is 13.8. The second kappa shape index (κ2) is 8.32. The summed E-state index contributed by atoms with van der Waals surface area (Å²) in [4.78, 5) is 24.2. The molecular formula is C21H16ClNO3. The Kier molecular flexibility index (Phi) is 5.66. The summed E-state index contributed by atoms with van der Waals surface area (Å²) in [5, 5.41) is 3.07. The third-order valence-corrected chi connectivity index (χ3v) is 4.04. The minimum absolute atomic E-state index is 0.228. The molecule has 3 aromatic carbocycles. The van der Waals surface area contributed by atoms with Crippen molar-refractivity contribution >= 4 is 29.2 Å². The molecule has 3 aromatic rings. The molecule has 130 valence electrons. The molecule has 1 N–H and O–H groups in total. The van der Waals surface area contributed by atoms with Crippen LogP contribution in [0.1, 0.15) is 10.4 Å². The maximum atomic E-state index is 12.2. The Morgan fingerprint density at radius 1 is 0.846 bits per heavy atom. The topological polar surface area (TPSA) is 55.4 Å². The highest BCUT2D eigenvalue weighted by Gasteiger charge is 2.14. The fourth-order valence-corrected chi connectivity index (χ4v) is 2.70. The molecule has 0 atom stereocenters. The normalized spacial score (nSPS) is 10.2. The van der Waals surface area contributed by atoms with Crippen molar-refractivity contribution in [2.24, 2.45) is 0 Å². The molecule has 0 saturated heterocycles. The molecule has 0 radical (unpaired) electrons. The van der Waals surface area contributed by atoms with Gasteiger partial charge in [0.2, 0.25) is 0 Å². The summed E-state index contributed by atoms with van der Waals surface area (Å²) in [6.07, 6.45) is 0. The second-order valence-electron chi connectivity index (χ2n) is 5.52. The molecule has 5 heteroatoms. The molecule has 0 saturated carbocycles. The van der Waals surface area contributed by atoms with Gasteiger partial charge in [-0.05, 0) is 23.8 Å². The monoisotopic (exact) mass is 365 g/mol. The van der Waals surface area contributed by atoms with Crippen LogP contribution >= 0.6 is 11.6 Å². The number of anilines is 1. The van der Waals surface area contributed by atoms with E-state index in [4.69, 9.17) is 16.3 Å². The molecule has 0 heterocycles. The van der Waals surface area contributed by atoms with Crippen LogP contribution in [-0.2, 0) is 9.53 Å². The molecule has 0 spiro atoms. The van der Waals surface area contributed by atoms with Crippen LogP contribution in [0, 0.1) is 0 Å². The summed E-state index contributed by atoms with van der Waals surface area (Å²) in [6, 6.07) is 23.7. The van der Waals surface area contributed by atoms with E-state index in [1.165, 1.54) is 0 Å². The summed E-state index contributed by atoms with van der Waals surface area (Å²) in [6.45, 7) is -0.396. The summed E-state index contributed by atoms with van der Waals surface area (Å²) in [5.74, 6) is -1.06. The van der Waals surface area contributed by atoms with Crippen molar-refractivity contribution in [2.75, 3.05) is 11.9 Å². The van der Waals surface area contributed by atoms with Gasteiger partial charge in [-0.2, -0.15) is 0 Å². The summed E-state index contributed by atoms with van der Waals surface area (Å²) >= 11 is 5.95. The quantitative estimate of drug-likeness (QED) is 0.660. The molecular weight excluding hydrogens is 350 g/mol. The van der Waals surface area contributed by atoms with Crippen LogP contribution in [-0.4, -0.2) is 18.5 Å². The molecule has 26 heavy (non-hydrogen) atoms. The first kappa shape index (κ1) is 17.7. The van der Waals surface area contributed by atoms with Gasteiger partial charge in [-0.25, -0.2) is 4.79 Å². The first-order valence-corrected chi connectivity index (χ1v) is 8.39. The second-order valence-corrected chi connectivity index (χ2v) is 5.92. The van der Waals surface area contributed by atoms with Gasteiger partial charge >= 0.3 is 5.97 Å². The van der Waals surface area contributed by atoms with Crippen molar-refractivity contribution in [2.45, 2.75) is 0 Å². The van der Waals surface area contributed by atoms with Gasteiger partial charge in [-0.3, -0.25) is 4.79 Å². The predicted octanol–water partition coefficient (Wildman–Crippen LogP) is 4.80. The summed E-state index contributed by atoms with van der Waals surface area (Å²) in [5.41, 5.74) is 2.75. The van der Waals surface area contributed by atoms with Crippen molar-refractivity contribution in [1.29, 1.82) is 0 Å². The predicted molar refractivity (Wildman–Crippen MR) is 102 cm³/mol. The zero-order valence-corrected chi connectivity index (χ0v) is 14.6. The number of benzene rings is 3. The highest BCUT2D eigenvalue weighted by Crippen LogP contribution is 2.27. The van der Waals surface area contributed by atoms with Gasteiger partial charge < -0.3 is 10.1 Å². The number of carbonyl (C=O) groups excluding carboxylic acids is 2. The third kappa shape index (κ3) is 4.29. The maximum absolute atomic E-state index is 12.2. The minimum atomic E-state index is -0.637. The van der Waals surface area contributed by atoms with Crippen LogP contribution < -0.4 is 5.32 Å². The van der Waals surface area contributed by atoms with E-state index < -0.39 is 18.5 Å². The first-order chi connectivity index (χ1) is 12.6. The number of halogens is 1. The Morgan fingerprint density at radius 3 is 2.27 bits per heavy atom. The number of nitrogens with one attached hydrogen (secondary N) is 1. The van der Waals surface area contributed by atoms with E-state index in [0.717, 1.165) is 11.1 Å². The minimum Gasteiger partial charge on any atom is -0.452 e. The Bertz CT molecular complexity index is 925. The molecule has 0 fully saturated rings. The van der Waals surface area contributed by atoms with E-state index in [1.54, 1.807) is 30.3 Å². The summed E-state index contributed by atoms with van der Waals surface area (Å²) in [7, 11) is 0. The highest BCUT2D eigenvalue weighted by molar-refractivity contribution is 6.33. The first-order valence-electron chi connectivity index (χ1n) is 8.01. The zero-order chi connectivity index (χ0) is 18.4. The molecule has 3 rings (SSSR count). The lowest BCUT2D eigenvalue weighted by molar-refractivity contribution is -0.119. The number of ether oxygens (including phenoxy) is 1. The number of esters is 1. The van der Waals surface area contributed by atoms with E-state index in [1.807, 2.05) is 48.5 Å². The lowest BCUT2D eigenvalue weighted by Gasteiger charge is -2.11. The van der Waals surface area contributed by atoms with Crippen LogP contribution in [0.3, 0.4) is 0 Å². The number of carbonyl (C=O) groups is 2. The van der Waals surface area contributed by atoms with Crippen LogP contribution in [0.5, 0.6) is 0 Å². The van der Waals surface area contributed by atoms with E-state index in [-0.39, 0.29) is 10.6 Å². The van der Waals surface area contributed by atoms with Crippen molar-refractivity contribution in [3.05, 3.63) is 89.4 Å². The molecule has 0 aliphatic heterocycles. The number of rotatable bonds is 5. The molecule has 0 bridgehead atoms. The maximum Gasteiger partial charge on any atom is 0.340 e. The highest BCUT2D eigenvalue weighted by atomic mass is 35.5. The molecule has 4 nitrogen and oxygen atoms in total. The van der Waals surface area contributed by atoms with E-state index in [2.05, 4.69) is 5.32 Å². The standard InChI is InChI=1S/C21H16ClNO3/c22-18-12-6-4-11-17(18)21(25)26-14-20(24)23-19-13-7-5-10-16(19)15-8-2-1-3-9-15/h1-13H,14H2,(H,23,24). The van der Waals surface area contributed by atoms with Gasteiger partial charge in [0.25, 0.3) is 5.91 Å². The van der Waals surface area contributed by atoms with Gasteiger partial charge in [0, 0.05) is 11.3 Å². The van der Waals surface area contributed by atoms with Gasteiger partial charge in [-0.15, -0.1) is 0 Å². The van der Waals surface area contributed by atoms with Crippen molar-refractivity contribution < 1.29 is 14.3 Å². The van der Waals surface area contributed by atoms with E-state index in [0.29, 0.717) is 5.69 Å². The van der Waals surface area contributed by atoms with Crippen molar-refractivity contribution in [3.63, 3.8) is 0 Å². The average Bonchev–Trinajstić information content (AvgIpc) is 2.67. The van der Waals surface area contributed by atoms with E-state index >= 15 is 0 Å². The Labute approximate surface area is 156 Å². The lowest BCUT2D eigenvalue weighted by atomic mass is 10.0. The summed E-state index contributed by atoms with van der Waals surface area (Å²) < 4.78 is 5.05. The Balaban J connectivity index is 1.66. The average molecular weight is 366 g/mol. The molecule has 0 aliphatic rings. The lowest BCUT2D eigenvalue weighted by Crippen LogP contribution is -2.21. The number of amides is 1. The van der Waals surface area contributed by atoms with Crippen molar-refractivity contribution in [1.82, 2.24) is 0 Å². The molecule has 0 aromatic heterocycles. The van der Waals surface area contributed by atoms with Crippen LogP contribution in [0.4, 0.5) is 5.69 Å². The Morgan fingerprint density at radius 2 is 1.50 bits per heavy atom. The number of para-hydroxylation sites is 1. The Hall–Kier alpha value is -3.11. The third-order valence-electron chi connectivity index (χ3n) is 3.71. The van der Waals surface area contributed by atoms with Gasteiger partial charge in [0.05, 0.1) is 10.6 Å². The fourth-order valence-electron chi connectivity index (χ4n) is 2.48. The fraction of sp³-hybridized carbons (Fsp3) is 0.0476. The molecule has 1 amide bonds.